The number of hydrogen-bond acceptors (Lipinski definition) is 4. The van der Waals surface area contributed by atoms with Crippen LogP contribution in [0, 0.1) is 11.7 Å². The van der Waals surface area contributed by atoms with E-state index in [-0.39, 0.29) is 30.0 Å². The summed E-state index contributed by atoms with van der Waals surface area (Å²) in [7, 11) is 1.15. The first-order valence-electron chi connectivity index (χ1n) is 9.03. The van der Waals surface area contributed by atoms with E-state index in [9.17, 15) is 14.0 Å². The lowest BCUT2D eigenvalue weighted by Gasteiger charge is -2.31. The lowest BCUT2D eigenvalue weighted by atomic mass is 9.96. The van der Waals surface area contributed by atoms with E-state index in [1.807, 2.05) is 0 Å². The van der Waals surface area contributed by atoms with Gasteiger partial charge in [0.1, 0.15) is 5.82 Å². The molecule has 1 amide bonds. The highest BCUT2D eigenvalue weighted by Gasteiger charge is 2.21. The van der Waals surface area contributed by atoms with Gasteiger partial charge in [0.2, 0.25) is 0 Å². The number of nitrogens with one attached hydrogen (secondary N) is 1. The molecule has 0 spiro atoms. The second-order valence-corrected chi connectivity index (χ2v) is 5.56. The summed E-state index contributed by atoms with van der Waals surface area (Å²) in [4.78, 5) is 24.5. The fourth-order valence-electron chi connectivity index (χ4n) is 2.08. The number of amides is 1. The van der Waals surface area contributed by atoms with E-state index in [0.29, 0.717) is 0 Å². The lowest BCUT2D eigenvalue weighted by molar-refractivity contribution is -0.142. The van der Waals surface area contributed by atoms with Crippen LogP contribution in [0.4, 0.5) is 4.39 Å². The highest BCUT2D eigenvalue weighted by molar-refractivity contribution is 6.31. The molecule has 0 aromatic heterocycles. The Balaban J connectivity index is 2.04. The molecule has 1 saturated heterocycles. The van der Waals surface area contributed by atoms with E-state index in [1.165, 1.54) is 6.07 Å². The van der Waals surface area contributed by atoms with E-state index < -0.39 is 43.2 Å². The van der Waals surface area contributed by atoms with Crippen LogP contribution in [0.15, 0.2) is 18.2 Å². The molecule has 23 heavy (non-hydrogen) atoms. The van der Waals surface area contributed by atoms with E-state index in [1.54, 1.807) is 0 Å². The van der Waals surface area contributed by atoms with Crippen molar-refractivity contribution in [3.8, 4) is 0 Å². The summed E-state index contributed by atoms with van der Waals surface area (Å²) in [5, 5.41) is 2.63. The summed E-state index contributed by atoms with van der Waals surface area (Å²) in [6.45, 7) is -4.73. The number of nitrogens with zero attached hydrogens (tertiary/aromatic N) is 1. The molecule has 5 nitrogen and oxygen atoms in total. The SMILES string of the molecule is [2H]C1([2H])CC(CNC(=O)c2cc(F)cc(Cl)c2)CC([2H])([2H])N1CC(=O)OC. The standard InChI is InChI=1S/C16H20ClFN2O3/c1-23-15(21)10-20-4-2-11(3-5-20)9-19-16(22)12-6-13(17)8-14(18)7-12/h6-8,11H,2-5,9-10H2,1H3,(H,19,22)/i4D2,5D2. The van der Waals surface area contributed by atoms with Crippen molar-refractivity contribution in [3.05, 3.63) is 34.6 Å². The van der Waals surface area contributed by atoms with Crippen LogP contribution in [0.3, 0.4) is 0 Å². The monoisotopic (exact) mass is 346 g/mol. The van der Waals surface area contributed by atoms with Crippen LogP contribution in [0.2, 0.25) is 5.02 Å². The number of rotatable bonds is 5. The molecule has 1 aromatic carbocycles. The third-order valence-electron chi connectivity index (χ3n) is 3.33. The molecule has 0 bridgehead atoms. The molecule has 0 unspecified atom stereocenters. The van der Waals surface area contributed by atoms with Crippen LogP contribution in [-0.4, -0.2) is 50.0 Å². The average molecular weight is 347 g/mol. The molecular formula is C16H20ClFN2O3. The van der Waals surface area contributed by atoms with Gasteiger partial charge in [-0.25, -0.2) is 4.39 Å². The molecule has 126 valence electrons. The highest BCUT2D eigenvalue weighted by atomic mass is 35.5. The zero-order chi connectivity index (χ0) is 20.4. The zero-order valence-corrected chi connectivity index (χ0v) is 13.3. The fraction of sp³-hybridized carbons (Fsp3) is 0.500. The van der Waals surface area contributed by atoms with Gasteiger partial charge in [-0.05, 0) is 50.0 Å². The van der Waals surface area contributed by atoms with Crippen molar-refractivity contribution in [2.75, 3.05) is 33.2 Å². The molecular weight excluding hydrogens is 323 g/mol. The number of benzene rings is 1. The van der Waals surface area contributed by atoms with Crippen LogP contribution in [-0.2, 0) is 9.53 Å². The normalized spacial score (nSPS) is 23.1. The number of ether oxygens (including phenoxy) is 1. The number of carbonyl (C=O) groups excluding carboxylic acids is 2. The predicted molar refractivity (Wildman–Crippen MR) is 84.9 cm³/mol. The first kappa shape index (κ1) is 12.7. The number of halogens is 2. The Hall–Kier alpha value is -1.66. The van der Waals surface area contributed by atoms with Gasteiger partial charge in [0, 0.05) is 22.6 Å². The quantitative estimate of drug-likeness (QED) is 0.829. The topological polar surface area (TPSA) is 58.6 Å². The van der Waals surface area contributed by atoms with Gasteiger partial charge >= 0.3 is 5.97 Å². The van der Waals surface area contributed by atoms with Gasteiger partial charge in [-0.15, -0.1) is 0 Å². The fourth-order valence-corrected chi connectivity index (χ4v) is 2.30. The number of esters is 1. The number of carbonyl (C=O) groups is 2. The molecule has 1 aromatic rings. The molecule has 0 aliphatic carbocycles. The molecule has 1 N–H and O–H groups in total. The molecule has 1 aliphatic rings. The maximum absolute atomic E-state index is 13.4. The summed E-state index contributed by atoms with van der Waals surface area (Å²) in [5.41, 5.74) is 0.0224. The van der Waals surface area contributed by atoms with Crippen molar-refractivity contribution >= 4 is 23.5 Å². The molecule has 0 radical (unpaired) electrons. The predicted octanol–water partition coefficient (Wildman–Crippen LogP) is 2.09. The summed E-state index contributed by atoms with van der Waals surface area (Å²) in [6.07, 6.45) is -0.179. The number of methoxy groups -OCH3 is 1. The Morgan fingerprint density at radius 2 is 2.13 bits per heavy atom. The zero-order valence-electron chi connectivity index (χ0n) is 16.6. The molecule has 7 heteroatoms. The van der Waals surface area contributed by atoms with Gasteiger partial charge < -0.3 is 10.1 Å². The van der Waals surface area contributed by atoms with Crippen LogP contribution >= 0.6 is 11.6 Å². The molecule has 0 atom stereocenters. The maximum Gasteiger partial charge on any atom is 0.319 e. The van der Waals surface area contributed by atoms with Crippen molar-refractivity contribution in [2.24, 2.45) is 5.92 Å². The maximum atomic E-state index is 13.4. The third-order valence-corrected chi connectivity index (χ3v) is 3.55. The first-order valence-corrected chi connectivity index (χ1v) is 7.41. The number of likely N-dealkylation sites (tertiary alicyclic amines) is 1. The smallest absolute Gasteiger partial charge is 0.319 e. The molecule has 1 fully saturated rings. The minimum absolute atomic E-state index is 0.00193. The molecule has 2 rings (SSSR count). The van der Waals surface area contributed by atoms with E-state index >= 15 is 0 Å². The summed E-state index contributed by atoms with van der Waals surface area (Å²) >= 11 is 5.72. The summed E-state index contributed by atoms with van der Waals surface area (Å²) in [5.74, 6) is -2.50. The van der Waals surface area contributed by atoms with Crippen LogP contribution in [0.1, 0.15) is 28.7 Å². The second kappa shape index (κ2) is 8.26. The average Bonchev–Trinajstić information content (AvgIpc) is 2.54. The van der Waals surface area contributed by atoms with Gasteiger partial charge in [0.05, 0.1) is 13.7 Å². The Morgan fingerprint density at radius 1 is 1.43 bits per heavy atom. The Kier molecular flexibility index (Phi) is 4.57. The largest absolute Gasteiger partial charge is 0.468 e. The van der Waals surface area contributed by atoms with Gasteiger partial charge in [0.15, 0.2) is 0 Å². The van der Waals surface area contributed by atoms with Gasteiger partial charge in [-0.2, -0.15) is 0 Å². The van der Waals surface area contributed by atoms with Gasteiger partial charge in [-0.1, -0.05) is 11.6 Å². The van der Waals surface area contributed by atoms with Crippen LogP contribution in [0.25, 0.3) is 0 Å². The van der Waals surface area contributed by atoms with E-state index in [4.69, 9.17) is 17.1 Å². The summed E-state index contributed by atoms with van der Waals surface area (Å²) < 4.78 is 50.3. The minimum Gasteiger partial charge on any atom is -0.468 e. The van der Waals surface area contributed by atoms with Crippen molar-refractivity contribution in [2.45, 2.75) is 12.8 Å². The molecule has 1 aliphatic heterocycles. The number of piperidine rings is 1. The van der Waals surface area contributed by atoms with Crippen molar-refractivity contribution in [3.63, 3.8) is 0 Å². The number of hydrogen-bond donors (Lipinski definition) is 1. The first-order chi connectivity index (χ1) is 12.4. The van der Waals surface area contributed by atoms with E-state index in [2.05, 4.69) is 10.1 Å². The molecule has 0 saturated carbocycles. The van der Waals surface area contributed by atoms with Gasteiger partial charge in [-0.3, -0.25) is 14.5 Å². The Labute approximate surface area is 145 Å². The summed E-state index contributed by atoms with van der Waals surface area (Å²) in [6, 6.07) is 3.40. The third kappa shape index (κ3) is 5.48. The molecule has 1 heterocycles. The van der Waals surface area contributed by atoms with Crippen molar-refractivity contribution in [1.29, 1.82) is 0 Å². The van der Waals surface area contributed by atoms with Gasteiger partial charge in [0.25, 0.3) is 5.91 Å². The minimum atomic E-state index is -2.10. The van der Waals surface area contributed by atoms with Crippen molar-refractivity contribution < 1.29 is 24.2 Å². The lowest BCUT2D eigenvalue weighted by Crippen LogP contribution is -2.41. The van der Waals surface area contributed by atoms with Crippen LogP contribution in [0.5, 0.6) is 0 Å². The van der Waals surface area contributed by atoms with Crippen molar-refractivity contribution in [1.82, 2.24) is 10.2 Å². The van der Waals surface area contributed by atoms with E-state index in [0.717, 1.165) is 24.1 Å². The Bertz CT molecular complexity index is 697. The Morgan fingerprint density at radius 3 is 2.74 bits per heavy atom. The van der Waals surface area contributed by atoms with Crippen LogP contribution < -0.4 is 5.32 Å². The second-order valence-electron chi connectivity index (χ2n) is 5.12. The highest BCUT2D eigenvalue weighted by Crippen LogP contribution is 2.17.